The lowest BCUT2D eigenvalue weighted by molar-refractivity contribution is 0.0988. The van der Waals surface area contributed by atoms with Crippen LogP contribution in [0.4, 0.5) is 4.39 Å². The van der Waals surface area contributed by atoms with Crippen molar-refractivity contribution in [2.45, 2.75) is 19.8 Å². The van der Waals surface area contributed by atoms with E-state index in [2.05, 4.69) is 4.98 Å². The zero-order chi connectivity index (χ0) is 14.8. The molecule has 0 spiro atoms. The van der Waals surface area contributed by atoms with E-state index < -0.39 is 0 Å². The minimum atomic E-state index is -0.224. The Morgan fingerprint density at radius 2 is 1.86 bits per heavy atom. The molecule has 2 aromatic carbocycles. The van der Waals surface area contributed by atoms with Gasteiger partial charge in [0.25, 0.3) is 0 Å². The molecule has 0 aliphatic heterocycles. The fraction of sp³-hybridized carbons (Fsp3) is 0.167. The number of ketones is 1. The zero-order valence-corrected chi connectivity index (χ0v) is 11.8. The SMILES string of the molecule is CCC(=O)c1ccc2[nH]c(Cc3ccc(F)cc3)cc2c1. The predicted molar refractivity (Wildman–Crippen MR) is 82.1 cm³/mol. The van der Waals surface area contributed by atoms with E-state index in [1.807, 2.05) is 31.2 Å². The number of benzene rings is 2. The molecular formula is C18H16FNO. The second-order valence-corrected chi connectivity index (χ2v) is 5.18. The first kappa shape index (κ1) is 13.6. The summed E-state index contributed by atoms with van der Waals surface area (Å²) in [6.45, 7) is 1.86. The Balaban J connectivity index is 1.90. The van der Waals surface area contributed by atoms with Gasteiger partial charge in [0.15, 0.2) is 5.78 Å². The van der Waals surface area contributed by atoms with E-state index in [9.17, 15) is 9.18 Å². The summed E-state index contributed by atoms with van der Waals surface area (Å²) in [4.78, 5) is 15.1. The second-order valence-electron chi connectivity index (χ2n) is 5.18. The van der Waals surface area contributed by atoms with E-state index >= 15 is 0 Å². The quantitative estimate of drug-likeness (QED) is 0.702. The Labute approximate surface area is 122 Å². The van der Waals surface area contributed by atoms with Crippen molar-refractivity contribution in [2.75, 3.05) is 0 Å². The van der Waals surface area contributed by atoms with Crippen LogP contribution in [0.1, 0.15) is 35.0 Å². The number of hydrogen-bond acceptors (Lipinski definition) is 1. The summed E-state index contributed by atoms with van der Waals surface area (Å²) in [6, 6.07) is 14.3. The lowest BCUT2D eigenvalue weighted by Crippen LogP contribution is -1.95. The van der Waals surface area contributed by atoms with Gasteiger partial charge < -0.3 is 4.98 Å². The van der Waals surface area contributed by atoms with E-state index in [1.165, 1.54) is 12.1 Å². The predicted octanol–water partition coefficient (Wildman–Crippen LogP) is 4.49. The van der Waals surface area contributed by atoms with Crippen LogP contribution < -0.4 is 0 Å². The van der Waals surface area contributed by atoms with Crippen molar-refractivity contribution >= 4 is 16.7 Å². The maximum atomic E-state index is 12.9. The third kappa shape index (κ3) is 2.87. The number of fused-ring (bicyclic) bond motifs is 1. The van der Waals surface area contributed by atoms with Crippen LogP contribution in [0.5, 0.6) is 0 Å². The first-order chi connectivity index (χ1) is 10.2. The minimum absolute atomic E-state index is 0.151. The van der Waals surface area contributed by atoms with Gasteiger partial charge in [0.1, 0.15) is 5.82 Å². The van der Waals surface area contributed by atoms with Crippen LogP contribution >= 0.6 is 0 Å². The van der Waals surface area contributed by atoms with Crippen molar-refractivity contribution in [2.24, 2.45) is 0 Å². The zero-order valence-electron chi connectivity index (χ0n) is 11.8. The van der Waals surface area contributed by atoms with Crippen molar-refractivity contribution in [3.05, 3.63) is 71.2 Å². The summed E-state index contributed by atoms with van der Waals surface area (Å²) in [5, 5.41) is 1.03. The number of aromatic amines is 1. The molecule has 2 nitrogen and oxygen atoms in total. The van der Waals surface area contributed by atoms with Gasteiger partial charge >= 0.3 is 0 Å². The highest BCUT2D eigenvalue weighted by atomic mass is 19.1. The maximum absolute atomic E-state index is 12.9. The van der Waals surface area contributed by atoms with Crippen molar-refractivity contribution in [3.63, 3.8) is 0 Å². The lowest BCUT2D eigenvalue weighted by atomic mass is 10.1. The topological polar surface area (TPSA) is 32.9 Å². The summed E-state index contributed by atoms with van der Waals surface area (Å²) >= 11 is 0. The number of rotatable bonds is 4. The summed E-state index contributed by atoms with van der Waals surface area (Å²) in [5.74, 6) is -0.0729. The maximum Gasteiger partial charge on any atom is 0.162 e. The molecule has 21 heavy (non-hydrogen) atoms. The van der Waals surface area contributed by atoms with Crippen LogP contribution in [0.25, 0.3) is 10.9 Å². The van der Waals surface area contributed by atoms with Crippen molar-refractivity contribution in [1.82, 2.24) is 4.98 Å². The number of carbonyl (C=O) groups is 1. The van der Waals surface area contributed by atoms with Gasteiger partial charge in [-0.25, -0.2) is 4.39 Å². The molecule has 106 valence electrons. The number of H-pyrrole nitrogens is 1. The van der Waals surface area contributed by atoms with Crippen LogP contribution in [0, 0.1) is 5.82 Å². The largest absolute Gasteiger partial charge is 0.358 e. The molecule has 1 heterocycles. The second kappa shape index (κ2) is 5.52. The lowest BCUT2D eigenvalue weighted by Gasteiger charge is -1.98. The Bertz CT molecular complexity index is 787. The first-order valence-electron chi connectivity index (χ1n) is 7.05. The smallest absolute Gasteiger partial charge is 0.162 e. The average molecular weight is 281 g/mol. The molecule has 3 rings (SSSR count). The highest BCUT2D eigenvalue weighted by molar-refractivity contribution is 5.99. The van der Waals surface area contributed by atoms with Crippen LogP contribution in [-0.2, 0) is 6.42 Å². The van der Waals surface area contributed by atoms with E-state index in [0.29, 0.717) is 12.8 Å². The standard InChI is InChI=1S/C18H16FNO/c1-2-18(21)13-5-8-17-14(10-13)11-16(20-17)9-12-3-6-15(19)7-4-12/h3-8,10-11,20H,2,9H2,1H3. The molecule has 0 bridgehead atoms. The summed E-state index contributed by atoms with van der Waals surface area (Å²) in [5.41, 5.74) is 3.86. The van der Waals surface area contributed by atoms with Gasteiger partial charge in [-0.3, -0.25) is 4.79 Å². The van der Waals surface area contributed by atoms with Gasteiger partial charge in [0, 0.05) is 35.0 Å². The fourth-order valence-corrected chi connectivity index (χ4v) is 2.49. The van der Waals surface area contributed by atoms with Gasteiger partial charge in [-0.2, -0.15) is 0 Å². The molecule has 0 unspecified atom stereocenters. The van der Waals surface area contributed by atoms with E-state index in [-0.39, 0.29) is 11.6 Å². The fourth-order valence-electron chi connectivity index (χ4n) is 2.49. The van der Waals surface area contributed by atoms with Gasteiger partial charge in [0.05, 0.1) is 0 Å². The Morgan fingerprint density at radius 1 is 1.10 bits per heavy atom. The third-order valence-corrected chi connectivity index (χ3v) is 3.63. The van der Waals surface area contributed by atoms with Crippen molar-refractivity contribution in [3.8, 4) is 0 Å². The van der Waals surface area contributed by atoms with E-state index in [0.717, 1.165) is 27.7 Å². The highest BCUT2D eigenvalue weighted by Crippen LogP contribution is 2.20. The first-order valence-corrected chi connectivity index (χ1v) is 7.05. The number of carbonyl (C=O) groups excluding carboxylic acids is 1. The Morgan fingerprint density at radius 3 is 2.57 bits per heavy atom. The number of Topliss-reactive ketones (excluding diaryl/α,β-unsaturated/α-hetero) is 1. The highest BCUT2D eigenvalue weighted by Gasteiger charge is 2.07. The molecule has 1 aromatic heterocycles. The summed E-state index contributed by atoms with van der Waals surface area (Å²) in [7, 11) is 0. The minimum Gasteiger partial charge on any atom is -0.358 e. The molecule has 3 heteroatoms. The van der Waals surface area contributed by atoms with Gasteiger partial charge in [-0.05, 0) is 42.0 Å². The van der Waals surface area contributed by atoms with Gasteiger partial charge in [-0.15, -0.1) is 0 Å². The third-order valence-electron chi connectivity index (χ3n) is 3.63. The van der Waals surface area contributed by atoms with Crippen molar-refractivity contribution in [1.29, 1.82) is 0 Å². The molecule has 3 aromatic rings. The molecule has 1 N–H and O–H groups in total. The van der Waals surface area contributed by atoms with Gasteiger partial charge in [0.2, 0.25) is 0 Å². The molecule has 0 radical (unpaired) electrons. The molecule has 0 saturated carbocycles. The summed E-state index contributed by atoms with van der Waals surface area (Å²) in [6.07, 6.45) is 1.23. The number of aromatic nitrogens is 1. The van der Waals surface area contributed by atoms with Crippen LogP contribution in [-0.4, -0.2) is 10.8 Å². The number of nitrogens with one attached hydrogen (secondary N) is 1. The average Bonchev–Trinajstić information content (AvgIpc) is 2.90. The van der Waals surface area contributed by atoms with Gasteiger partial charge in [-0.1, -0.05) is 19.1 Å². The number of halogens is 1. The molecule has 0 saturated heterocycles. The van der Waals surface area contributed by atoms with Crippen LogP contribution in [0.15, 0.2) is 48.5 Å². The van der Waals surface area contributed by atoms with Crippen LogP contribution in [0.2, 0.25) is 0 Å². The Hall–Kier alpha value is -2.42. The van der Waals surface area contributed by atoms with Crippen LogP contribution in [0.3, 0.4) is 0 Å². The normalized spacial score (nSPS) is 11.0. The van der Waals surface area contributed by atoms with E-state index in [4.69, 9.17) is 0 Å². The van der Waals surface area contributed by atoms with E-state index in [1.54, 1.807) is 12.1 Å². The number of hydrogen-bond donors (Lipinski definition) is 1. The Kier molecular flexibility index (Phi) is 3.57. The molecule has 0 fully saturated rings. The molecular weight excluding hydrogens is 265 g/mol. The molecule has 0 aliphatic rings. The van der Waals surface area contributed by atoms with Crippen molar-refractivity contribution < 1.29 is 9.18 Å². The monoisotopic (exact) mass is 281 g/mol. The molecule has 0 aliphatic carbocycles. The molecule has 0 atom stereocenters. The molecule has 0 amide bonds. The summed E-state index contributed by atoms with van der Waals surface area (Å²) < 4.78 is 12.9.